The van der Waals surface area contributed by atoms with Crippen LogP contribution in [-0.2, 0) is 6.54 Å². The van der Waals surface area contributed by atoms with E-state index in [1.807, 2.05) is 19.1 Å². The molecular weight excluding hydrogens is 245 g/mol. The van der Waals surface area contributed by atoms with Crippen LogP contribution in [0.3, 0.4) is 0 Å². The lowest BCUT2D eigenvalue weighted by molar-refractivity contribution is 0.340. The topological polar surface area (TPSA) is 21.3 Å². The lowest BCUT2D eigenvalue weighted by Crippen LogP contribution is -2.12. The summed E-state index contributed by atoms with van der Waals surface area (Å²) in [6, 6.07) is 3.71. The highest BCUT2D eigenvalue weighted by molar-refractivity contribution is 6.37. The molecule has 0 aliphatic heterocycles. The number of hydrogen-bond acceptors (Lipinski definition) is 2. The Morgan fingerprint density at radius 1 is 1.38 bits per heavy atom. The van der Waals surface area contributed by atoms with Gasteiger partial charge >= 0.3 is 0 Å². The van der Waals surface area contributed by atoms with Crippen LogP contribution in [0.2, 0.25) is 10.0 Å². The van der Waals surface area contributed by atoms with E-state index in [-0.39, 0.29) is 0 Å². The van der Waals surface area contributed by atoms with Crippen LogP contribution < -0.4 is 10.1 Å². The zero-order chi connectivity index (χ0) is 12.0. The van der Waals surface area contributed by atoms with Crippen molar-refractivity contribution in [2.45, 2.75) is 13.5 Å². The Balaban J connectivity index is 2.78. The van der Waals surface area contributed by atoms with E-state index in [4.69, 9.17) is 27.9 Å². The van der Waals surface area contributed by atoms with Crippen molar-refractivity contribution in [3.63, 3.8) is 0 Å². The summed E-state index contributed by atoms with van der Waals surface area (Å²) in [5.74, 6) is 0.554. The lowest BCUT2D eigenvalue weighted by atomic mass is 10.2. The minimum Gasteiger partial charge on any atom is -0.491 e. The van der Waals surface area contributed by atoms with Crippen LogP contribution in [0.15, 0.2) is 24.8 Å². The van der Waals surface area contributed by atoms with E-state index in [2.05, 4.69) is 11.9 Å². The summed E-state index contributed by atoms with van der Waals surface area (Å²) < 4.78 is 5.35. The number of benzene rings is 1. The van der Waals surface area contributed by atoms with Crippen molar-refractivity contribution < 1.29 is 4.74 Å². The van der Waals surface area contributed by atoms with Gasteiger partial charge < -0.3 is 10.1 Å². The Labute approximate surface area is 106 Å². The SMILES string of the molecule is C=CCNCc1cc(Cl)c(OCC)c(Cl)c1. The van der Waals surface area contributed by atoms with Crippen molar-refractivity contribution in [2.24, 2.45) is 0 Å². The van der Waals surface area contributed by atoms with Gasteiger partial charge in [0.15, 0.2) is 5.75 Å². The molecule has 0 fully saturated rings. The van der Waals surface area contributed by atoms with Crippen molar-refractivity contribution in [3.05, 3.63) is 40.4 Å². The van der Waals surface area contributed by atoms with Crippen LogP contribution in [0.1, 0.15) is 12.5 Å². The first-order valence-electron chi connectivity index (χ1n) is 5.11. The molecule has 88 valence electrons. The molecule has 1 aromatic carbocycles. The van der Waals surface area contributed by atoms with E-state index in [0.717, 1.165) is 12.1 Å². The molecule has 2 nitrogen and oxygen atoms in total. The Hall–Kier alpha value is -0.700. The van der Waals surface area contributed by atoms with Gasteiger partial charge in [-0.25, -0.2) is 0 Å². The second-order valence-corrected chi connectivity index (χ2v) is 4.06. The molecule has 0 radical (unpaired) electrons. The van der Waals surface area contributed by atoms with Crippen molar-refractivity contribution in [2.75, 3.05) is 13.2 Å². The molecule has 1 aromatic rings. The van der Waals surface area contributed by atoms with E-state index >= 15 is 0 Å². The van der Waals surface area contributed by atoms with Crippen LogP contribution in [-0.4, -0.2) is 13.2 Å². The fourth-order valence-electron chi connectivity index (χ4n) is 1.32. The molecule has 0 heterocycles. The number of halogens is 2. The standard InChI is InChI=1S/C12H15Cl2NO/c1-3-5-15-8-9-6-10(13)12(16-4-2)11(14)7-9/h3,6-7,15H,1,4-5,8H2,2H3. The minimum atomic E-state index is 0.546. The Kier molecular flexibility index (Phi) is 5.67. The molecule has 16 heavy (non-hydrogen) atoms. The third-order valence-electron chi connectivity index (χ3n) is 1.96. The Morgan fingerprint density at radius 3 is 2.50 bits per heavy atom. The van der Waals surface area contributed by atoms with Crippen molar-refractivity contribution in [3.8, 4) is 5.75 Å². The molecule has 1 N–H and O–H groups in total. The molecule has 4 heteroatoms. The first-order chi connectivity index (χ1) is 7.69. The molecule has 0 atom stereocenters. The maximum atomic E-state index is 6.07. The molecule has 0 unspecified atom stereocenters. The van der Waals surface area contributed by atoms with Crippen LogP contribution in [0.25, 0.3) is 0 Å². The molecule has 1 rings (SSSR count). The van der Waals surface area contributed by atoms with Gasteiger partial charge in [0.25, 0.3) is 0 Å². The Morgan fingerprint density at radius 2 is 2.00 bits per heavy atom. The number of nitrogens with one attached hydrogen (secondary N) is 1. The molecule has 0 saturated carbocycles. The predicted molar refractivity (Wildman–Crippen MR) is 69.5 cm³/mol. The summed E-state index contributed by atoms with van der Waals surface area (Å²) in [4.78, 5) is 0. The molecule has 0 spiro atoms. The smallest absolute Gasteiger partial charge is 0.156 e. The summed E-state index contributed by atoms with van der Waals surface area (Å²) in [5, 5.41) is 4.27. The van der Waals surface area contributed by atoms with Gasteiger partial charge in [-0.1, -0.05) is 29.3 Å². The fourth-order valence-corrected chi connectivity index (χ4v) is 1.96. The highest BCUT2D eigenvalue weighted by atomic mass is 35.5. The molecule has 0 aliphatic carbocycles. The monoisotopic (exact) mass is 259 g/mol. The minimum absolute atomic E-state index is 0.546. The van der Waals surface area contributed by atoms with E-state index in [9.17, 15) is 0 Å². The van der Waals surface area contributed by atoms with Crippen LogP contribution in [0, 0.1) is 0 Å². The van der Waals surface area contributed by atoms with E-state index in [1.54, 1.807) is 6.08 Å². The van der Waals surface area contributed by atoms with Gasteiger partial charge in [0.2, 0.25) is 0 Å². The van der Waals surface area contributed by atoms with Gasteiger partial charge in [0.1, 0.15) is 0 Å². The zero-order valence-electron chi connectivity index (χ0n) is 9.22. The second-order valence-electron chi connectivity index (χ2n) is 3.24. The van der Waals surface area contributed by atoms with Gasteiger partial charge in [-0.2, -0.15) is 0 Å². The van der Waals surface area contributed by atoms with Crippen molar-refractivity contribution in [1.82, 2.24) is 5.32 Å². The summed E-state index contributed by atoms with van der Waals surface area (Å²) in [7, 11) is 0. The zero-order valence-corrected chi connectivity index (χ0v) is 10.7. The molecule has 0 aromatic heterocycles. The van der Waals surface area contributed by atoms with Gasteiger partial charge in [0.05, 0.1) is 16.7 Å². The van der Waals surface area contributed by atoms with E-state index < -0.39 is 0 Å². The normalized spacial score (nSPS) is 10.2. The first kappa shape index (κ1) is 13.4. The largest absolute Gasteiger partial charge is 0.491 e. The fraction of sp³-hybridized carbons (Fsp3) is 0.333. The van der Waals surface area contributed by atoms with Crippen LogP contribution >= 0.6 is 23.2 Å². The maximum absolute atomic E-state index is 6.07. The highest BCUT2D eigenvalue weighted by Gasteiger charge is 2.08. The van der Waals surface area contributed by atoms with Crippen LogP contribution in [0.5, 0.6) is 5.75 Å². The average molecular weight is 260 g/mol. The number of rotatable bonds is 6. The molecule has 0 amide bonds. The second kappa shape index (κ2) is 6.79. The summed E-state index contributed by atoms with van der Waals surface area (Å²) in [6.45, 7) is 7.53. The van der Waals surface area contributed by atoms with E-state index in [0.29, 0.717) is 28.9 Å². The summed E-state index contributed by atoms with van der Waals surface area (Å²) in [5.41, 5.74) is 1.03. The maximum Gasteiger partial charge on any atom is 0.156 e. The van der Waals surface area contributed by atoms with Gasteiger partial charge in [-0.3, -0.25) is 0 Å². The van der Waals surface area contributed by atoms with E-state index in [1.165, 1.54) is 0 Å². The van der Waals surface area contributed by atoms with Crippen molar-refractivity contribution >= 4 is 23.2 Å². The molecule has 0 saturated heterocycles. The third kappa shape index (κ3) is 3.71. The van der Waals surface area contributed by atoms with Gasteiger partial charge in [-0.15, -0.1) is 6.58 Å². The number of ether oxygens (including phenoxy) is 1. The van der Waals surface area contributed by atoms with Crippen LogP contribution in [0.4, 0.5) is 0 Å². The Bertz CT molecular complexity index is 343. The lowest BCUT2D eigenvalue weighted by Gasteiger charge is -2.10. The number of hydrogen-bond donors (Lipinski definition) is 1. The first-order valence-corrected chi connectivity index (χ1v) is 5.87. The summed E-state index contributed by atoms with van der Waals surface area (Å²) in [6.07, 6.45) is 1.80. The van der Waals surface area contributed by atoms with Gasteiger partial charge in [-0.05, 0) is 24.6 Å². The predicted octanol–water partition coefficient (Wildman–Crippen LogP) is 3.67. The van der Waals surface area contributed by atoms with Gasteiger partial charge in [0, 0.05) is 13.1 Å². The van der Waals surface area contributed by atoms with Crippen molar-refractivity contribution in [1.29, 1.82) is 0 Å². The third-order valence-corrected chi connectivity index (χ3v) is 2.53. The molecule has 0 aliphatic rings. The molecular formula is C12H15Cl2NO. The quantitative estimate of drug-likeness (QED) is 0.622. The highest BCUT2D eigenvalue weighted by Crippen LogP contribution is 2.34. The summed E-state index contributed by atoms with van der Waals surface area (Å²) >= 11 is 12.1. The molecule has 0 bridgehead atoms. The average Bonchev–Trinajstić information content (AvgIpc) is 2.24.